The fourth-order valence-corrected chi connectivity index (χ4v) is 1.90. The molecule has 8 heteroatoms. The number of carbonyl (C=O) groups is 1. The van der Waals surface area contributed by atoms with Crippen LogP contribution in [0.2, 0.25) is 5.02 Å². The predicted octanol–water partition coefficient (Wildman–Crippen LogP) is 2.54. The van der Waals surface area contributed by atoms with Crippen LogP contribution >= 0.6 is 11.6 Å². The Bertz CT molecular complexity index is 696. The van der Waals surface area contributed by atoms with Crippen LogP contribution in [0, 0.1) is 17.0 Å². The first kappa shape index (κ1) is 14.0. The van der Waals surface area contributed by atoms with Crippen molar-refractivity contribution in [2.75, 3.05) is 5.32 Å². The van der Waals surface area contributed by atoms with Gasteiger partial charge in [-0.1, -0.05) is 11.6 Å². The number of carbonyl (C=O) groups excluding carboxylic acids is 1. The standard InChI is InChI=1S/C12H11ClN4O3/c1-7-9(6-16(2)15-7)12(18)14-11-5-8(17(19)20)3-4-10(11)13/h3-6H,1-2H3,(H,14,18). The van der Waals surface area contributed by atoms with E-state index in [1.54, 1.807) is 20.2 Å². The monoisotopic (exact) mass is 294 g/mol. The second kappa shape index (κ2) is 5.30. The van der Waals surface area contributed by atoms with E-state index < -0.39 is 10.8 Å². The van der Waals surface area contributed by atoms with Crippen molar-refractivity contribution in [3.63, 3.8) is 0 Å². The van der Waals surface area contributed by atoms with Crippen LogP contribution in [-0.4, -0.2) is 20.6 Å². The molecule has 0 spiro atoms. The Balaban J connectivity index is 2.30. The summed E-state index contributed by atoms with van der Waals surface area (Å²) in [5.41, 5.74) is 0.989. The Hall–Kier alpha value is -2.41. The summed E-state index contributed by atoms with van der Waals surface area (Å²) in [6.07, 6.45) is 1.57. The van der Waals surface area contributed by atoms with Gasteiger partial charge in [0.05, 0.1) is 26.9 Å². The van der Waals surface area contributed by atoms with Crippen LogP contribution in [0.3, 0.4) is 0 Å². The predicted molar refractivity (Wildman–Crippen MR) is 74.0 cm³/mol. The van der Waals surface area contributed by atoms with Crippen LogP contribution < -0.4 is 5.32 Å². The van der Waals surface area contributed by atoms with Crippen molar-refractivity contribution in [3.8, 4) is 0 Å². The maximum absolute atomic E-state index is 12.1. The molecule has 1 aromatic heterocycles. The third-order valence-electron chi connectivity index (χ3n) is 2.67. The van der Waals surface area contributed by atoms with Gasteiger partial charge in [0.25, 0.3) is 11.6 Å². The molecule has 1 amide bonds. The molecular formula is C12H11ClN4O3. The molecular weight excluding hydrogens is 284 g/mol. The van der Waals surface area contributed by atoms with E-state index in [0.717, 1.165) is 0 Å². The highest BCUT2D eigenvalue weighted by Gasteiger charge is 2.16. The number of halogens is 1. The minimum atomic E-state index is -0.554. The molecule has 2 aromatic rings. The lowest BCUT2D eigenvalue weighted by atomic mass is 10.2. The molecule has 2 rings (SSSR count). The van der Waals surface area contributed by atoms with Gasteiger partial charge in [0.15, 0.2) is 0 Å². The summed E-state index contributed by atoms with van der Waals surface area (Å²) in [7, 11) is 1.70. The minimum absolute atomic E-state index is 0.146. The van der Waals surface area contributed by atoms with Crippen LogP contribution in [0.5, 0.6) is 0 Å². The van der Waals surface area contributed by atoms with E-state index in [1.807, 2.05) is 0 Å². The summed E-state index contributed by atoms with van der Waals surface area (Å²) in [6, 6.07) is 3.85. The van der Waals surface area contributed by atoms with E-state index in [0.29, 0.717) is 11.3 Å². The molecule has 0 radical (unpaired) electrons. The number of nitro groups is 1. The van der Waals surface area contributed by atoms with Crippen LogP contribution in [0.25, 0.3) is 0 Å². The molecule has 0 fully saturated rings. The molecule has 20 heavy (non-hydrogen) atoms. The molecule has 0 bridgehead atoms. The van der Waals surface area contributed by atoms with Gasteiger partial charge in [-0.25, -0.2) is 0 Å². The number of hydrogen-bond acceptors (Lipinski definition) is 4. The number of aryl methyl sites for hydroxylation is 2. The summed E-state index contributed by atoms with van der Waals surface area (Å²) in [6.45, 7) is 1.70. The first-order chi connectivity index (χ1) is 9.38. The third kappa shape index (κ3) is 2.77. The van der Waals surface area contributed by atoms with Crippen LogP contribution in [0.1, 0.15) is 16.1 Å². The van der Waals surface area contributed by atoms with E-state index in [1.165, 1.54) is 22.9 Å². The van der Waals surface area contributed by atoms with Gasteiger partial charge in [0.1, 0.15) is 0 Å². The van der Waals surface area contributed by atoms with Gasteiger partial charge >= 0.3 is 0 Å². The molecule has 0 aliphatic carbocycles. The van der Waals surface area contributed by atoms with Crippen molar-refractivity contribution in [1.82, 2.24) is 9.78 Å². The maximum atomic E-state index is 12.1. The molecule has 1 aromatic carbocycles. The molecule has 0 atom stereocenters. The lowest BCUT2D eigenvalue weighted by molar-refractivity contribution is -0.384. The van der Waals surface area contributed by atoms with Gasteiger partial charge < -0.3 is 5.32 Å². The summed E-state index contributed by atoms with van der Waals surface area (Å²) in [4.78, 5) is 22.2. The number of nitro benzene ring substituents is 1. The second-order valence-corrected chi connectivity index (χ2v) is 4.58. The van der Waals surface area contributed by atoms with Crippen molar-refractivity contribution in [2.45, 2.75) is 6.92 Å². The zero-order chi connectivity index (χ0) is 14.9. The first-order valence-electron chi connectivity index (χ1n) is 5.64. The average molecular weight is 295 g/mol. The van der Waals surface area contributed by atoms with Gasteiger partial charge in [0, 0.05) is 25.4 Å². The Kier molecular flexibility index (Phi) is 3.71. The number of aromatic nitrogens is 2. The quantitative estimate of drug-likeness (QED) is 0.695. The SMILES string of the molecule is Cc1nn(C)cc1C(=O)Nc1cc([N+](=O)[O-])ccc1Cl. The zero-order valence-electron chi connectivity index (χ0n) is 10.8. The van der Waals surface area contributed by atoms with Crippen molar-refractivity contribution in [2.24, 2.45) is 7.05 Å². The molecule has 1 heterocycles. The number of benzene rings is 1. The third-order valence-corrected chi connectivity index (χ3v) is 3.00. The van der Waals surface area contributed by atoms with Crippen LogP contribution in [0.15, 0.2) is 24.4 Å². The summed E-state index contributed by atoms with van der Waals surface area (Å²) in [5.74, 6) is -0.419. The number of hydrogen-bond donors (Lipinski definition) is 1. The molecule has 104 valence electrons. The van der Waals surface area contributed by atoms with Crippen molar-refractivity contribution < 1.29 is 9.72 Å². The number of nitrogens with zero attached hydrogens (tertiary/aromatic N) is 3. The number of non-ortho nitro benzene ring substituents is 1. The van der Waals surface area contributed by atoms with Crippen LogP contribution in [-0.2, 0) is 7.05 Å². The zero-order valence-corrected chi connectivity index (χ0v) is 11.5. The van der Waals surface area contributed by atoms with E-state index in [4.69, 9.17) is 11.6 Å². The smallest absolute Gasteiger partial charge is 0.271 e. The molecule has 1 N–H and O–H groups in total. The Morgan fingerprint density at radius 1 is 1.50 bits per heavy atom. The van der Waals surface area contributed by atoms with Crippen molar-refractivity contribution >= 4 is 28.9 Å². The number of anilines is 1. The highest BCUT2D eigenvalue weighted by atomic mass is 35.5. The number of nitrogens with one attached hydrogen (secondary N) is 1. The van der Waals surface area contributed by atoms with Gasteiger partial charge in [-0.3, -0.25) is 19.6 Å². The second-order valence-electron chi connectivity index (χ2n) is 4.18. The number of rotatable bonds is 3. The topological polar surface area (TPSA) is 90.1 Å². The van der Waals surface area contributed by atoms with Crippen molar-refractivity contribution in [3.05, 3.63) is 50.8 Å². The van der Waals surface area contributed by atoms with Gasteiger partial charge in [-0.05, 0) is 13.0 Å². The molecule has 0 unspecified atom stereocenters. The summed E-state index contributed by atoms with van der Waals surface area (Å²) >= 11 is 5.92. The fourth-order valence-electron chi connectivity index (χ4n) is 1.73. The highest BCUT2D eigenvalue weighted by Crippen LogP contribution is 2.27. The molecule has 0 aliphatic heterocycles. The Morgan fingerprint density at radius 2 is 2.20 bits per heavy atom. The van der Waals surface area contributed by atoms with Crippen LogP contribution in [0.4, 0.5) is 11.4 Å². The lowest BCUT2D eigenvalue weighted by Gasteiger charge is -2.06. The van der Waals surface area contributed by atoms with Gasteiger partial charge in [-0.2, -0.15) is 5.10 Å². The Morgan fingerprint density at radius 3 is 2.75 bits per heavy atom. The van der Waals surface area contributed by atoms with Gasteiger partial charge in [-0.15, -0.1) is 0 Å². The van der Waals surface area contributed by atoms with Gasteiger partial charge in [0.2, 0.25) is 0 Å². The molecule has 0 aliphatic rings. The summed E-state index contributed by atoms with van der Waals surface area (Å²) in [5, 5.41) is 17.5. The minimum Gasteiger partial charge on any atom is -0.320 e. The van der Waals surface area contributed by atoms with E-state index >= 15 is 0 Å². The van der Waals surface area contributed by atoms with E-state index in [2.05, 4.69) is 10.4 Å². The lowest BCUT2D eigenvalue weighted by Crippen LogP contribution is -2.13. The van der Waals surface area contributed by atoms with E-state index in [-0.39, 0.29) is 16.4 Å². The first-order valence-corrected chi connectivity index (χ1v) is 6.02. The molecule has 0 saturated heterocycles. The number of amides is 1. The molecule has 7 nitrogen and oxygen atoms in total. The highest BCUT2D eigenvalue weighted by molar-refractivity contribution is 6.34. The Labute approximate surface area is 119 Å². The summed E-state index contributed by atoms with van der Waals surface area (Å²) < 4.78 is 1.51. The molecule has 0 saturated carbocycles. The fraction of sp³-hybridized carbons (Fsp3) is 0.167. The van der Waals surface area contributed by atoms with Crippen molar-refractivity contribution in [1.29, 1.82) is 0 Å². The van der Waals surface area contributed by atoms with E-state index in [9.17, 15) is 14.9 Å². The normalized spacial score (nSPS) is 10.3. The largest absolute Gasteiger partial charge is 0.320 e. The maximum Gasteiger partial charge on any atom is 0.271 e. The average Bonchev–Trinajstić information content (AvgIpc) is 2.71.